The molecule has 0 aliphatic carbocycles. The molecule has 7 heteroatoms. The molecule has 2 heterocycles. The van der Waals surface area contributed by atoms with Gasteiger partial charge in [0.1, 0.15) is 5.82 Å². The molecule has 2 aliphatic rings. The summed E-state index contributed by atoms with van der Waals surface area (Å²) in [5, 5.41) is 3.44. The van der Waals surface area contributed by atoms with Crippen molar-refractivity contribution in [2.24, 2.45) is 0 Å². The van der Waals surface area contributed by atoms with Gasteiger partial charge in [-0.3, -0.25) is 9.59 Å². The van der Waals surface area contributed by atoms with E-state index in [0.29, 0.717) is 32.6 Å². The first kappa shape index (κ1) is 17.2. The van der Waals surface area contributed by atoms with Crippen LogP contribution in [-0.4, -0.2) is 60.4 Å². The van der Waals surface area contributed by atoms with E-state index in [9.17, 15) is 14.0 Å². The third kappa shape index (κ3) is 3.70. The second kappa shape index (κ2) is 7.49. The molecule has 1 aromatic rings. The predicted octanol–water partition coefficient (Wildman–Crippen LogP) is 1.91. The summed E-state index contributed by atoms with van der Waals surface area (Å²) in [4.78, 5) is 28.1. The topological polar surface area (TPSA) is 52.7 Å². The van der Waals surface area contributed by atoms with E-state index >= 15 is 0 Å². The first-order valence-electron chi connectivity index (χ1n) is 8.30. The fourth-order valence-corrected chi connectivity index (χ4v) is 3.53. The molecule has 0 bridgehead atoms. The van der Waals surface area contributed by atoms with Crippen molar-refractivity contribution in [3.63, 3.8) is 0 Å². The molecule has 2 saturated heterocycles. The van der Waals surface area contributed by atoms with E-state index in [1.165, 1.54) is 18.2 Å². The molecule has 1 N–H and O–H groups in total. The number of nitrogens with one attached hydrogen (secondary N) is 1. The van der Waals surface area contributed by atoms with Gasteiger partial charge in [-0.2, -0.15) is 0 Å². The van der Waals surface area contributed by atoms with E-state index < -0.39 is 11.7 Å². The molecule has 1 unspecified atom stereocenters. The summed E-state index contributed by atoms with van der Waals surface area (Å²) in [7, 11) is 0. The number of hydrogen-bond acceptors (Lipinski definition) is 3. The van der Waals surface area contributed by atoms with Crippen molar-refractivity contribution in [2.75, 3.05) is 32.7 Å². The SMILES string of the molecule is O=C(CC1CCCN1)N1CCN(C(=O)c2c(F)cccc2Cl)CC1. The average Bonchev–Trinajstić information content (AvgIpc) is 3.07. The molecule has 0 saturated carbocycles. The van der Waals surface area contributed by atoms with E-state index in [0.717, 1.165) is 19.4 Å². The fraction of sp³-hybridized carbons (Fsp3) is 0.529. The van der Waals surface area contributed by atoms with Gasteiger partial charge in [0, 0.05) is 38.6 Å². The Labute approximate surface area is 145 Å². The Kier molecular flexibility index (Phi) is 5.36. The van der Waals surface area contributed by atoms with Crippen LogP contribution in [0.15, 0.2) is 18.2 Å². The number of carbonyl (C=O) groups excluding carboxylic acids is 2. The summed E-state index contributed by atoms with van der Waals surface area (Å²) in [6.45, 7) is 2.72. The van der Waals surface area contributed by atoms with Crippen molar-refractivity contribution in [2.45, 2.75) is 25.3 Å². The molecule has 2 amide bonds. The highest BCUT2D eigenvalue weighted by molar-refractivity contribution is 6.33. The van der Waals surface area contributed by atoms with Crippen molar-refractivity contribution >= 4 is 23.4 Å². The second-order valence-corrected chi connectivity index (χ2v) is 6.67. The van der Waals surface area contributed by atoms with Crippen LogP contribution in [0.5, 0.6) is 0 Å². The fourth-order valence-electron chi connectivity index (χ4n) is 3.29. The number of piperazine rings is 1. The highest BCUT2D eigenvalue weighted by Gasteiger charge is 2.28. The van der Waals surface area contributed by atoms with E-state index in [2.05, 4.69) is 5.32 Å². The molecular formula is C17H21ClFN3O2. The lowest BCUT2D eigenvalue weighted by Crippen LogP contribution is -2.51. The van der Waals surface area contributed by atoms with Gasteiger partial charge in [0.25, 0.3) is 5.91 Å². The summed E-state index contributed by atoms with van der Waals surface area (Å²) in [6.07, 6.45) is 2.66. The van der Waals surface area contributed by atoms with Gasteiger partial charge in [-0.05, 0) is 31.5 Å². The Morgan fingerprint density at radius 2 is 1.92 bits per heavy atom. The van der Waals surface area contributed by atoms with E-state index in [-0.39, 0.29) is 22.5 Å². The molecule has 2 fully saturated rings. The molecule has 24 heavy (non-hydrogen) atoms. The van der Waals surface area contributed by atoms with Gasteiger partial charge in [-0.25, -0.2) is 4.39 Å². The number of hydrogen-bond donors (Lipinski definition) is 1. The van der Waals surface area contributed by atoms with Crippen LogP contribution in [-0.2, 0) is 4.79 Å². The third-order valence-corrected chi connectivity index (χ3v) is 4.99. The van der Waals surface area contributed by atoms with Crippen molar-refractivity contribution < 1.29 is 14.0 Å². The molecule has 3 rings (SSSR count). The molecule has 1 atom stereocenters. The van der Waals surface area contributed by atoms with Crippen LogP contribution in [0, 0.1) is 5.82 Å². The monoisotopic (exact) mass is 353 g/mol. The Morgan fingerprint density at radius 3 is 2.54 bits per heavy atom. The van der Waals surface area contributed by atoms with Crippen molar-refractivity contribution in [1.29, 1.82) is 0 Å². The van der Waals surface area contributed by atoms with Crippen molar-refractivity contribution in [3.8, 4) is 0 Å². The van der Waals surface area contributed by atoms with Gasteiger partial charge in [0.2, 0.25) is 5.91 Å². The minimum absolute atomic E-state index is 0.0888. The molecule has 2 aliphatic heterocycles. The van der Waals surface area contributed by atoms with Crippen LogP contribution in [0.2, 0.25) is 5.02 Å². The zero-order valence-corrected chi connectivity index (χ0v) is 14.2. The van der Waals surface area contributed by atoms with Crippen LogP contribution in [0.3, 0.4) is 0 Å². The maximum atomic E-state index is 13.9. The lowest BCUT2D eigenvalue weighted by molar-refractivity contribution is -0.133. The lowest BCUT2D eigenvalue weighted by atomic mass is 10.1. The number of nitrogens with zero attached hydrogens (tertiary/aromatic N) is 2. The third-order valence-electron chi connectivity index (χ3n) is 4.68. The zero-order chi connectivity index (χ0) is 17.1. The van der Waals surface area contributed by atoms with Gasteiger partial charge in [-0.1, -0.05) is 17.7 Å². The van der Waals surface area contributed by atoms with Crippen LogP contribution in [0.25, 0.3) is 0 Å². The van der Waals surface area contributed by atoms with E-state index in [4.69, 9.17) is 11.6 Å². The molecule has 5 nitrogen and oxygen atoms in total. The number of amides is 2. The summed E-state index contributed by atoms with van der Waals surface area (Å²) in [6, 6.07) is 4.48. The molecule has 1 aromatic carbocycles. The molecular weight excluding hydrogens is 333 g/mol. The second-order valence-electron chi connectivity index (χ2n) is 6.27. The zero-order valence-electron chi connectivity index (χ0n) is 13.4. The normalized spacial score (nSPS) is 21.2. The van der Waals surface area contributed by atoms with Crippen LogP contribution >= 0.6 is 11.6 Å². The summed E-state index contributed by atoms with van der Waals surface area (Å²) < 4.78 is 13.9. The maximum Gasteiger partial charge on any atom is 0.258 e. The summed E-state index contributed by atoms with van der Waals surface area (Å²) in [5.74, 6) is -0.911. The van der Waals surface area contributed by atoms with Crippen LogP contribution in [0.4, 0.5) is 4.39 Å². The molecule has 0 radical (unpaired) electrons. The quantitative estimate of drug-likeness (QED) is 0.903. The van der Waals surface area contributed by atoms with Gasteiger partial charge < -0.3 is 15.1 Å². The summed E-state index contributed by atoms with van der Waals surface area (Å²) >= 11 is 5.96. The first-order chi connectivity index (χ1) is 11.6. The Morgan fingerprint density at radius 1 is 1.21 bits per heavy atom. The van der Waals surface area contributed by atoms with E-state index in [1.807, 2.05) is 0 Å². The van der Waals surface area contributed by atoms with Gasteiger partial charge in [-0.15, -0.1) is 0 Å². The molecule has 0 aromatic heterocycles. The molecule has 0 spiro atoms. The number of benzene rings is 1. The van der Waals surface area contributed by atoms with Gasteiger partial charge >= 0.3 is 0 Å². The van der Waals surface area contributed by atoms with Crippen LogP contribution < -0.4 is 5.32 Å². The van der Waals surface area contributed by atoms with E-state index in [1.54, 1.807) is 9.80 Å². The van der Waals surface area contributed by atoms with Crippen LogP contribution in [0.1, 0.15) is 29.6 Å². The van der Waals surface area contributed by atoms with Crippen molar-refractivity contribution in [3.05, 3.63) is 34.6 Å². The number of rotatable bonds is 3. The summed E-state index contributed by atoms with van der Waals surface area (Å²) in [5.41, 5.74) is -0.0888. The largest absolute Gasteiger partial charge is 0.339 e. The Balaban J connectivity index is 1.56. The maximum absolute atomic E-state index is 13.9. The van der Waals surface area contributed by atoms with Gasteiger partial charge in [0.15, 0.2) is 0 Å². The van der Waals surface area contributed by atoms with Crippen molar-refractivity contribution in [1.82, 2.24) is 15.1 Å². The highest BCUT2D eigenvalue weighted by Crippen LogP contribution is 2.21. The Bertz CT molecular complexity index is 606. The molecule has 130 valence electrons. The number of carbonyl (C=O) groups is 2. The number of halogens is 2. The standard InChI is InChI=1S/C17H21ClFN3O2/c18-13-4-1-5-14(19)16(13)17(24)22-9-7-21(8-10-22)15(23)11-12-3-2-6-20-12/h1,4-5,12,20H,2-3,6-11H2. The smallest absolute Gasteiger partial charge is 0.258 e. The lowest BCUT2D eigenvalue weighted by Gasteiger charge is -2.35. The van der Waals surface area contributed by atoms with Gasteiger partial charge in [0.05, 0.1) is 10.6 Å². The minimum Gasteiger partial charge on any atom is -0.339 e. The highest BCUT2D eigenvalue weighted by atomic mass is 35.5. The predicted molar refractivity (Wildman–Crippen MR) is 89.5 cm³/mol. The average molecular weight is 354 g/mol. The first-order valence-corrected chi connectivity index (χ1v) is 8.68. The minimum atomic E-state index is -0.613. The Hall–Kier alpha value is -1.66.